The first-order chi connectivity index (χ1) is 22.0. The van der Waals surface area contributed by atoms with Crippen molar-refractivity contribution in [2.75, 3.05) is 61.0 Å². The Hall–Kier alpha value is -2.41. The van der Waals surface area contributed by atoms with Gasteiger partial charge in [-0.15, -0.1) is 0 Å². The summed E-state index contributed by atoms with van der Waals surface area (Å²) in [7, 11) is 7.44. The SMILES string of the molecule is CO[C@]1(C)C[C@@H](C)CN(C)CCN(C(=O)c2ccccc2)CCCOC(=O)C(C)(C)C(=O)[C@H](C)[C@H]1O[C@@H]1O[C@H](C)C[C@H](N(C)C)[C@H]1O. The van der Waals surface area contributed by atoms with Gasteiger partial charge in [-0.25, -0.2) is 0 Å². The van der Waals surface area contributed by atoms with Crippen LogP contribution in [0.15, 0.2) is 30.3 Å². The van der Waals surface area contributed by atoms with Crippen LogP contribution in [-0.2, 0) is 28.5 Å². The number of benzene rings is 1. The van der Waals surface area contributed by atoms with Gasteiger partial charge in [0.05, 0.1) is 24.4 Å². The van der Waals surface area contributed by atoms with Gasteiger partial charge in [-0.2, -0.15) is 0 Å². The number of esters is 1. The summed E-state index contributed by atoms with van der Waals surface area (Å²) in [5, 5.41) is 11.3. The largest absolute Gasteiger partial charge is 0.465 e. The molecule has 2 aliphatic heterocycles. The first kappa shape index (κ1) is 39.0. The fraction of sp³-hybridized carbons (Fsp3) is 0.750. The Morgan fingerprint density at radius 3 is 2.32 bits per heavy atom. The summed E-state index contributed by atoms with van der Waals surface area (Å²) in [5.41, 5.74) is -1.87. The quantitative estimate of drug-likeness (QED) is 0.371. The Morgan fingerprint density at radius 1 is 1.04 bits per heavy atom. The Bertz CT molecular complexity index is 1180. The minimum Gasteiger partial charge on any atom is -0.465 e. The monoisotopic (exact) mass is 661 g/mol. The highest BCUT2D eigenvalue weighted by Crippen LogP contribution is 2.38. The van der Waals surface area contributed by atoms with E-state index in [2.05, 4.69) is 11.8 Å². The lowest BCUT2D eigenvalue weighted by Gasteiger charge is -2.47. The standard InChI is InChI=1S/C36H59N3O8/c1-24-22-36(6,44-10)31(47-33-29(40)28(37(7)8)21-25(2)46-33)26(3)30(41)35(4,5)34(43)45-20-14-17-39(19-18-38(9)23-24)32(42)27-15-12-11-13-16-27/h11-13,15-16,24-26,28-29,31,33,40H,14,17-23H2,1-10H3/t24-,25-,26+,28+,29-,31-,33+,36-/m1/s1. The average Bonchev–Trinajstić information content (AvgIpc) is 3.02. The van der Waals surface area contributed by atoms with Gasteiger partial charge in [0.2, 0.25) is 0 Å². The second-order valence-electron chi connectivity index (χ2n) is 14.6. The van der Waals surface area contributed by atoms with Crippen LogP contribution in [0.25, 0.3) is 0 Å². The number of cyclic esters (lactones) is 1. The zero-order valence-electron chi connectivity index (χ0n) is 30.2. The van der Waals surface area contributed by atoms with E-state index in [0.717, 1.165) is 0 Å². The molecule has 2 saturated heterocycles. The summed E-state index contributed by atoms with van der Waals surface area (Å²) >= 11 is 0. The summed E-state index contributed by atoms with van der Waals surface area (Å²) in [6.45, 7) is 13.2. The molecule has 1 aromatic carbocycles. The molecule has 2 fully saturated rings. The first-order valence-electron chi connectivity index (χ1n) is 17.0. The number of hydrogen-bond donors (Lipinski definition) is 1. The number of aliphatic hydroxyl groups is 1. The van der Waals surface area contributed by atoms with Crippen LogP contribution in [0.5, 0.6) is 0 Å². The summed E-state index contributed by atoms with van der Waals surface area (Å²) in [6.07, 6.45) is -1.43. The van der Waals surface area contributed by atoms with Crippen LogP contribution in [0, 0.1) is 17.3 Å². The zero-order valence-corrected chi connectivity index (χ0v) is 30.2. The first-order valence-corrected chi connectivity index (χ1v) is 17.0. The van der Waals surface area contributed by atoms with E-state index in [1.165, 1.54) is 0 Å². The Kier molecular flexibility index (Phi) is 14.0. The van der Waals surface area contributed by atoms with E-state index in [4.69, 9.17) is 18.9 Å². The molecule has 1 aromatic rings. The molecule has 1 amide bonds. The second kappa shape index (κ2) is 16.8. The number of aliphatic hydroxyl groups excluding tert-OH is 1. The van der Waals surface area contributed by atoms with E-state index >= 15 is 0 Å². The number of Topliss-reactive ketones (excluding diaryl/α,β-unsaturated/α-hetero) is 1. The molecular weight excluding hydrogens is 602 g/mol. The van der Waals surface area contributed by atoms with E-state index in [-0.39, 0.29) is 36.4 Å². The summed E-state index contributed by atoms with van der Waals surface area (Å²) in [5.74, 6) is -1.79. The number of carbonyl (C=O) groups excluding carboxylic acids is 3. The van der Waals surface area contributed by atoms with Crippen LogP contribution in [0.1, 0.15) is 71.2 Å². The normalized spacial score (nSPS) is 34.1. The lowest BCUT2D eigenvalue weighted by molar-refractivity contribution is -0.295. The maximum Gasteiger partial charge on any atom is 0.319 e. The molecule has 0 unspecified atom stereocenters. The molecule has 8 atom stereocenters. The highest BCUT2D eigenvalue weighted by atomic mass is 16.7. The molecule has 0 aliphatic carbocycles. The van der Waals surface area contributed by atoms with Crippen molar-refractivity contribution < 1.29 is 38.4 Å². The maximum absolute atomic E-state index is 14.2. The minimum absolute atomic E-state index is 0.0665. The second-order valence-corrected chi connectivity index (χ2v) is 14.6. The number of ketones is 1. The van der Waals surface area contributed by atoms with Crippen molar-refractivity contribution >= 4 is 17.7 Å². The van der Waals surface area contributed by atoms with Gasteiger partial charge in [0, 0.05) is 50.8 Å². The van der Waals surface area contributed by atoms with Crippen LogP contribution >= 0.6 is 0 Å². The van der Waals surface area contributed by atoms with Crippen LogP contribution in [0.3, 0.4) is 0 Å². The van der Waals surface area contributed by atoms with E-state index in [1.54, 1.807) is 44.9 Å². The van der Waals surface area contributed by atoms with Gasteiger partial charge in [0.25, 0.3) is 5.91 Å². The van der Waals surface area contributed by atoms with Crippen molar-refractivity contribution in [2.24, 2.45) is 17.3 Å². The lowest BCUT2D eigenvalue weighted by atomic mass is 9.74. The third kappa shape index (κ3) is 9.83. The van der Waals surface area contributed by atoms with Crippen molar-refractivity contribution in [3.63, 3.8) is 0 Å². The number of methoxy groups -OCH3 is 1. The van der Waals surface area contributed by atoms with Crippen molar-refractivity contribution in [1.82, 2.24) is 14.7 Å². The van der Waals surface area contributed by atoms with Gasteiger partial charge >= 0.3 is 5.97 Å². The van der Waals surface area contributed by atoms with Crippen LogP contribution in [-0.4, -0.2) is 135 Å². The van der Waals surface area contributed by atoms with E-state index in [1.807, 2.05) is 58.1 Å². The molecule has 11 heteroatoms. The fourth-order valence-corrected chi connectivity index (χ4v) is 7.06. The number of carbonyl (C=O) groups is 3. The Morgan fingerprint density at radius 2 is 1.70 bits per heavy atom. The van der Waals surface area contributed by atoms with Crippen LogP contribution < -0.4 is 0 Å². The van der Waals surface area contributed by atoms with Gasteiger partial charge in [-0.3, -0.25) is 14.4 Å². The molecule has 1 N–H and O–H groups in total. The molecule has 0 radical (unpaired) electrons. The minimum atomic E-state index is -1.49. The van der Waals surface area contributed by atoms with Crippen LogP contribution in [0.2, 0.25) is 0 Å². The molecule has 0 bridgehead atoms. The van der Waals surface area contributed by atoms with Crippen molar-refractivity contribution in [2.45, 2.75) is 97.0 Å². The maximum atomic E-state index is 14.2. The van der Waals surface area contributed by atoms with Gasteiger partial charge in [-0.05, 0) is 86.2 Å². The molecule has 11 nitrogen and oxygen atoms in total. The molecule has 2 heterocycles. The smallest absolute Gasteiger partial charge is 0.319 e. The van der Waals surface area contributed by atoms with Gasteiger partial charge in [0.1, 0.15) is 11.5 Å². The summed E-state index contributed by atoms with van der Waals surface area (Å²) < 4.78 is 24.6. The Balaban J connectivity index is 1.95. The van der Waals surface area contributed by atoms with Gasteiger partial charge < -0.3 is 38.8 Å². The number of ether oxygens (including phenoxy) is 4. The predicted molar refractivity (Wildman–Crippen MR) is 180 cm³/mol. The van der Waals surface area contributed by atoms with Crippen LogP contribution in [0.4, 0.5) is 0 Å². The molecule has 0 aromatic heterocycles. The number of likely N-dealkylation sites (N-methyl/N-ethyl adjacent to an activating group) is 2. The topological polar surface area (TPSA) is 118 Å². The number of amides is 1. The molecule has 0 saturated carbocycles. The lowest BCUT2D eigenvalue weighted by Crippen LogP contribution is -2.59. The number of nitrogens with zero attached hydrogens (tertiary/aromatic N) is 3. The fourth-order valence-electron chi connectivity index (χ4n) is 7.06. The predicted octanol–water partition coefficient (Wildman–Crippen LogP) is 3.48. The zero-order chi connectivity index (χ0) is 35.1. The molecule has 3 rings (SSSR count). The summed E-state index contributed by atoms with van der Waals surface area (Å²) in [6, 6.07) is 8.96. The molecule has 0 spiro atoms. The van der Waals surface area contributed by atoms with E-state index in [0.29, 0.717) is 51.0 Å². The third-order valence-electron chi connectivity index (χ3n) is 9.86. The van der Waals surface area contributed by atoms with Crippen molar-refractivity contribution in [3.05, 3.63) is 35.9 Å². The molecule has 47 heavy (non-hydrogen) atoms. The summed E-state index contributed by atoms with van der Waals surface area (Å²) in [4.78, 5) is 47.0. The molecule has 266 valence electrons. The van der Waals surface area contributed by atoms with Crippen molar-refractivity contribution in [1.29, 1.82) is 0 Å². The average molecular weight is 662 g/mol. The van der Waals surface area contributed by atoms with Crippen molar-refractivity contribution in [3.8, 4) is 0 Å². The van der Waals surface area contributed by atoms with Gasteiger partial charge in [-0.1, -0.05) is 32.0 Å². The number of hydrogen-bond acceptors (Lipinski definition) is 10. The van der Waals surface area contributed by atoms with E-state index in [9.17, 15) is 19.5 Å². The molecular formula is C36H59N3O8. The highest BCUT2D eigenvalue weighted by molar-refractivity contribution is 6.04. The third-order valence-corrected chi connectivity index (χ3v) is 9.86. The molecule has 2 aliphatic rings. The Labute approximate surface area is 281 Å². The highest BCUT2D eigenvalue weighted by Gasteiger charge is 2.51. The van der Waals surface area contributed by atoms with E-state index < -0.39 is 41.4 Å². The van der Waals surface area contributed by atoms with Gasteiger partial charge in [0.15, 0.2) is 12.1 Å². The number of rotatable bonds is 5.